The lowest BCUT2D eigenvalue weighted by molar-refractivity contribution is -0.150. The Bertz CT molecular complexity index is 425. The van der Waals surface area contributed by atoms with Gasteiger partial charge in [0.2, 0.25) is 0 Å². The monoisotopic (exact) mass is 246 g/mol. The van der Waals surface area contributed by atoms with Gasteiger partial charge >= 0.3 is 5.97 Å². The van der Waals surface area contributed by atoms with Crippen LogP contribution in [-0.4, -0.2) is 18.4 Å². The first kappa shape index (κ1) is 12.8. The molecule has 1 aromatic carbocycles. The van der Waals surface area contributed by atoms with Crippen LogP contribution in [0.25, 0.3) is 0 Å². The van der Waals surface area contributed by atoms with E-state index < -0.39 is 5.92 Å². The van der Waals surface area contributed by atoms with Crippen LogP contribution >= 0.6 is 0 Å². The lowest BCUT2D eigenvalue weighted by Gasteiger charge is -2.10. The number of ether oxygens (including phenoxy) is 1. The normalized spacial score (nSPS) is 23.1. The molecule has 2 rings (SSSR count). The molecule has 0 saturated heterocycles. The van der Waals surface area contributed by atoms with Gasteiger partial charge in [0.15, 0.2) is 0 Å². The maximum Gasteiger partial charge on any atom is 0.316 e. The number of carbonyl (C=O) groups excluding carboxylic acids is 2. The van der Waals surface area contributed by atoms with Crippen molar-refractivity contribution in [2.24, 2.45) is 11.8 Å². The molecule has 0 heterocycles. The molecule has 1 fully saturated rings. The van der Waals surface area contributed by atoms with Gasteiger partial charge in [-0.25, -0.2) is 0 Å². The van der Waals surface area contributed by atoms with Crippen LogP contribution in [0.15, 0.2) is 30.3 Å². The summed E-state index contributed by atoms with van der Waals surface area (Å²) in [5, 5.41) is 0. The first-order valence-electron chi connectivity index (χ1n) is 6.46. The Morgan fingerprint density at radius 3 is 2.67 bits per heavy atom. The second-order valence-electron chi connectivity index (χ2n) is 4.67. The number of hydrogen-bond donors (Lipinski definition) is 0. The van der Waals surface area contributed by atoms with Crippen LogP contribution in [-0.2, 0) is 20.7 Å². The van der Waals surface area contributed by atoms with E-state index in [1.807, 2.05) is 30.3 Å². The van der Waals surface area contributed by atoms with E-state index in [1.165, 1.54) is 0 Å². The molecule has 1 aromatic rings. The standard InChI is InChI=1S/C15H18O3/c1-2-18-15(17)13-9-8-12(14(13)16)10-11-6-4-3-5-7-11/h3-7,12-13H,2,8-10H2,1H3. The number of Topliss-reactive ketones (excluding diaryl/α,β-unsaturated/α-hetero) is 1. The molecule has 2 atom stereocenters. The molecule has 0 bridgehead atoms. The molecular weight excluding hydrogens is 228 g/mol. The van der Waals surface area contributed by atoms with E-state index in [0.717, 1.165) is 18.4 Å². The van der Waals surface area contributed by atoms with Crippen molar-refractivity contribution in [3.05, 3.63) is 35.9 Å². The highest BCUT2D eigenvalue weighted by atomic mass is 16.5. The fourth-order valence-corrected chi connectivity index (χ4v) is 2.52. The number of carbonyl (C=O) groups is 2. The van der Waals surface area contributed by atoms with Crippen molar-refractivity contribution in [2.75, 3.05) is 6.61 Å². The minimum absolute atomic E-state index is 0.0261. The zero-order valence-electron chi connectivity index (χ0n) is 10.6. The van der Waals surface area contributed by atoms with Crippen LogP contribution in [0.4, 0.5) is 0 Å². The highest BCUT2D eigenvalue weighted by Crippen LogP contribution is 2.30. The van der Waals surface area contributed by atoms with Crippen molar-refractivity contribution >= 4 is 11.8 Å². The van der Waals surface area contributed by atoms with E-state index in [9.17, 15) is 9.59 Å². The van der Waals surface area contributed by atoms with Crippen LogP contribution < -0.4 is 0 Å². The summed E-state index contributed by atoms with van der Waals surface area (Å²) >= 11 is 0. The molecule has 0 aromatic heterocycles. The molecule has 0 radical (unpaired) electrons. The highest BCUT2D eigenvalue weighted by molar-refractivity contribution is 6.01. The van der Waals surface area contributed by atoms with Gasteiger partial charge in [-0.3, -0.25) is 9.59 Å². The molecular formula is C15H18O3. The number of rotatable bonds is 4. The van der Waals surface area contributed by atoms with Gasteiger partial charge in [-0.1, -0.05) is 30.3 Å². The maximum atomic E-state index is 12.1. The van der Waals surface area contributed by atoms with Crippen LogP contribution in [0.5, 0.6) is 0 Å². The van der Waals surface area contributed by atoms with Crippen molar-refractivity contribution in [1.82, 2.24) is 0 Å². The van der Waals surface area contributed by atoms with Gasteiger partial charge in [-0.2, -0.15) is 0 Å². The summed E-state index contributed by atoms with van der Waals surface area (Å²) in [5.74, 6) is -0.851. The quantitative estimate of drug-likeness (QED) is 0.605. The zero-order valence-corrected chi connectivity index (χ0v) is 10.6. The molecule has 0 amide bonds. The summed E-state index contributed by atoms with van der Waals surface area (Å²) in [4.78, 5) is 23.7. The van der Waals surface area contributed by atoms with Gasteiger partial charge < -0.3 is 4.74 Å². The fraction of sp³-hybridized carbons (Fsp3) is 0.467. The molecule has 0 N–H and O–H groups in total. The van der Waals surface area contributed by atoms with E-state index in [0.29, 0.717) is 13.0 Å². The summed E-state index contributed by atoms with van der Waals surface area (Å²) in [7, 11) is 0. The lowest BCUT2D eigenvalue weighted by Crippen LogP contribution is -2.25. The molecule has 0 aliphatic heterocycles. The molecule has 18 heavy (non-hydrogen) atoms. The average molecular weight is 246 g/mol. The van der Waals surface area contributed by atoms with Crippen LogP contribution in [0.3, 0.4) is 0 Å². The van der Waals surface area contributed by atoms with Crippen molar-refractivity contribution < 1.29 is 14.3 Å². The lowest BCUT2D eigenvalue weighted by atomic mass is 9.95. The zero-order chi connectivity index (χ0) is 13.0. The number of ketones is 1. The maximum absolute atomic E-state index is 12.1. The van der Waals surface area contributed by atoms with E-state index >= 15 is 0 Å². The fourth-order valence-electron chi connectivity index (χ4n) is 2.52. The van der Waals surface area contributed by atoms with E-state index in [1.54, 1.807) is 6.92 Å². The first-order valence-corrected chi connectivity index (χ1v) is 6.46. The Kier molecular flexibility index (Phi) is 4.13. The van der Waals surface area contributed by atoms with Gasteiger partial charge in [-0.05, 0) is 31.7 Å². The van der Waals surface area contributed by atoms with E-state index in [2.05, 4.69) is 0 Å². The predicted octanol–water partition coefficient (Wildman–Crippen LogP) is 2.39. The average Bonchev–Trinajstić information content (AvgIpc) is 2.73. The minimum atomic E-state index is -0.529. The molecule has 1 aliphatic carbocycles. The van der Waals surface area contributed by atoms with Gasteiger partial charge in [0, 0.05) is 5.92 Å². The van der Waals surface area contributed by atoms with Gasteiger partial charge in [0.1, 0.15) is 11.7 Å². The molecule has 3 nitrogen and oxygen atoms in total. The van der Waals surface area contributed by atoms with Crippen molar-refractivity contribution in [3.63, 3.8) is 0 Å². The number of benzene rings is 1. The topological polar surface area (TPSA) is 43.4 Å². The van der Waals surface area contributed by atoms with Gasteiger partial charge in [0.25, 0.3) is 0 Å². The second kappa shape index (κ2) is 5.80. The smallest absolute Gasteiger partial charge is 0.316 e. The molecule has 3 heteroatoms. The Balaban J connectivity index is 1.97. The summed E-state index contributed by atoms with van der Waals surface area (Å²) in [6, 6.07) is 9.94. The van der Waals surface area contributed by atoms with Crippen molar-refractivity contribution in [3.8, 4) is 0 Å². The summed E-state index contributed by atoms with van der Waals surface area (Å²) in [5.41, 5.74) is 1.15. The van der Waals surface area contributed by atoms with E-state index in [4.69, 9.17) is 4.74 Å². The Morgan fingerprint density at radius 2 is 2.00 bits per heavy atom. The van der Waals surface area contributed by atoms with Crippen LogP contribution in [0.1, 0.15) is 25.3 Å². The molecule has 1 saturated carbocycles. The Labute approximate surface area is 107 Å². The highest BCUT2D eigenvalue weighted by Gasteiger charge is 2.39. The van der Waals surface area contributed by atoms with E-state index in [-0.39, 0.29) is 17.7 Å². The molecule has 1 aliphatic rings. The largest absolute Gasteiger partial charge is 0.465 e. The van der Waals surface area contributed by atoms with Gasteiger partial charge in [0.05, 0.1) is 6.61 Å². The summed E-state index contributed by atoms with van der Waals surface area (Å²) in [6.45, 7) is 2.10. The third-order valence-electron chi connectivity index (χ3n) is 3.45. The number of hydrogen-bond acceptors (Lipinski definition) is 3. The number of esters is 1. The second-order valence-corrected chi connectivity index (χ2v) is 4.67. The Morgan fingerprint density at radius 1 is 1.28 bits per heavy atom. The van der Waals surface area contributed by atoms with Gasteiger partial charge in [-0.15, -0.1) is 0 Å². The molecule has 2 unspecified atom stereocenters. The third-order valence-corrected chi connectivity index (χ3v) is 3.45. The van der Waals surface area contributed by atoms with Crippen LogP contribution in [0, 0.1) is 11.8 Å². The SMILES string of the molecule is CCOC(=O)C1CCC(Cc2ccccc2)C1=O. The Hall–Kier alpha value is -1.64. The third kappa shape index (κ3) is 2.78. The summed E-state index contributed by atoms with van der Waals surface area (Å²) in [6.07, 6.45) is 2.15. The molecule has 0 spiro atoms. The molecule has 96 valence electrons. The first-order chi connectivity index (χ1) is 8.72. The van der Waals surface area contributed by atoms with Crippen molar-refractivity contribution in [2.45, 2.75) is 26.2 Å². The van der Waals surface area contributed by atoms with Crippen molar-refractivity contribution in [1.29, 1.82) is 0 Å². The van der Waals surface area contributed by atoms with Crippen LogP contribution in [0.2, 0.25) is 0 Å². The summed E-state index contributed by atoms with van der Waals surface area (Å²) < 4.78 is 4.93. The predicted molar refractivity (Wildman–Crippen MR) is 68.0 cm³/mol. The minimum Gasteiger partial charge on any atom is -0.465 e.